The number of nitriles is 1. The molecule has 0 bridgehead atoms. The molecule has 76 valence electrons. The van der Waals surface area contributed by atoms with Gasteiger partial charge >= 0.3 is 0 Å². The lowest BCUT2D eigenvalue weighted by molar-refractivity contribution is 0.279. The fourth-order valence-corrected chi connectivity index (χ4v) is 2.74. The predicted molar refractivity (Wildman–Crippen MR) is 58.2 cm³/mol. The summed E-state index contributed by atoms with van der Waals surface area (Å²) in [5.74, 6) is 5.11. The van der Waals surface area contributed by atoms with Crippen molar-refractivity contribution >= 4 is 0 Å². The van der Waals surface area contributed by atoms with Gasteiger partial charge in [0.05, 0.1) is 6.07 Å². The summed E-state index contributed by atoms with van der Waals surface area (Å²) < 4.78 is 0. The van der Waals surface area contributed by atoms with Gasteiger partial charge in [-0.05, 0) is 37.5 Å². The van der Waals surface area contributed by atoms with E-state index in [1.54, 1.807) is 0 Å². The smallest absolute Gasteiger partial charge is 0.0655 e. The standard InChI is InChI=1S/C13H19N/c1-5-10(3)12-6-9(2)7-13(12)11(4)8-14/h1,9-13H,6-7H2,2-4H3. The molecule has 1 rings (SSSR count). The molecule has 5 atom stereocenters. The average Bonchev–Trinajstić information content (AvgIpc) is 2.58. The lowest BCUT2D eigenvalue weighted by atomic mass is 9.79. The van der Waals surface area contributed by atoms with Crippen LogP contribution in [-0.2, 0) is 0 Å². The van der Waals surface area contributed by atoms with Crippen molar-refractivity contribution in [2.45, 2.75) is 33.6 Å². The van der Waals surface area contributed by atoms with Crippen LogP contribution in [0.25, 0.3) is 0 Å². The second-order valence-electron chi connectivity index (χ2n) is 4.78. The fourth-order valence-electron chi connectivity index (χ4n) is 2.74. The van der Waals surface area contributed by atoms with Gasteiger partial charge < -0.3 is 0 Å². The lowest BCUT2D eigenvalue weighted by Gasteiger charge is -2.23. The van der Waals surface area contributed by atoms with Crippen molar-refractivity contribution in [2.24, 2.45) is 29.6 Å². The average molecular weight is 189 g/mol. The van der Waals surface area contributed by atoms with Crippen LogP contribution in [0.5, 0.6) is 0 Å². The third kappa shape index (κ3) is 2.10. The highest BCUT2D eigenvalue weighted by Crippen LogP contribution is 2.43. The SMILES string of the molecule is C#CC(C)C1CC(C)CC1C(C)C#N. The molecule has 0 amide bonds. The van der Waals surface area contributed by atoms with Crippen LogP contribution in [0.2, 0.25) is 0 Å². The Morgan fingerprint density at radius 3 is 2.14 bits per heavy atom. The van der Waals surface area contributed by atoms with E-state index in [0.29, 0.717) is 17.8 Å². The van der Waals surface area contributed by atoms with Crippen LogP contribution in [0.3, 0.4) is 0 Å². The van der Waals surface area contributed by atoms with Crippen LogP contribution in [0.15, 0.2) is 0 Å². The van der Waals surface area contributed by atoms with Gasteiger partial charge in [-0.1, -0.05) is 13.8 Å². The highest BCUT2D eigenvalue weighted by molar-refractivity contribution is 5.02. The number of nitrogens with zero attached hydrogens (tertiary/aromatic N) is 1. The molecule has 1 saturated carbocycles. The normalized spacial score (nSPS) is 35.6. The summed E-state index contributed by atoms with van der Waals surface area (Å²) >= 11 is 0. The maximum atomic E-state index is 8.95. The third-order valence-corrected chi connectivity index (χ3v) is 3.65. The minimum atomic E-state index is 0.153. The molecule has 5 unspecified atom stereocenters. The maximum Gasteiger partial charge on any atom is 0.0655 e. The molecule has 0 N–H and O–H groups in total. The summed E-state index contributed by atoms with van der Waals surface area (Å²) in [7, 11) is 0. The van der Waals surface area contributed by atoms with E-state index < -0.39 is 0 Å². The summed E-state index contributed by atoms with van der Waals surface area (Å²) in [6.45, 7) is 6.40. The summed E-state index contributed by atoms with van der Waals surface area (Å²) in [5, 5.41) is 8.95. The van der Waals surface area contributed by atoms with Gasteiger partial charge in [0.2, 0.25) is 0 Å². The number of hydrogen-bond donors (Lipinski definition) is 0. The zero-order valence-electron chi connectivity index (χ0n) is 9.33. The molecule has 1 aliphatic carbocycles. The van der Waals surface area contributed by atoms with E-state index in [-0.39, 0.29) is 5.92 Å². The molecule has 0 aliphatic heterocycles. The molecule has 0 heterocycles. The van der Waals surface area contributed by atoms with Crippen LogP contribution in [0.4, 0.5) is 0 Å². The van der Waals surface area contributed by atoms with E-state index in [0.717, 1.165) is 5.92 Å². The predicted octanol–water partition coefficient (Wildman–Crippen LogP) is 3.08. The van der Waals surface area contributed by atoms with Gasteiger partial charge in [0.25, 0.3) is 0 Å². The molecule has 0 aromatic heterocycles. The molecule has 1 heteroatoms. The van der Waals surface area contributed by atoms with Crippen molar-refractivity contribution < 1.29 is 0 Å². The molecule has 0 aromatic carbocycles. The molecular weight excluding hydrogens is 170 g/mol. The maximum absolute atomic E-state index is 8.95. The molecule has 1 aliphatic rings. The van der Waals surface area contributed by atoms with E-state index >= 15 is 0 Å². The largest absolute Gasteiger partial charge is 0.198 e. The van der Waals surface area contributed by atoms with Crippen LogP contribution >= 0.6 is 0 Å². The number of hydrogen-bond acceptors (Lipinski definition) is 1. The molecule has 0 aromatic rings. The van der Waals surface area contributed by atoms with Crippen molar-refractivity contribution in [3.63, 3.8) is 0 Å². The van der Waals surface area contributed by atoms with E-state index in [1.165, 1.54) is 12.8 Å². The zero-order valence-corrected chi connectivity index (χ0v) is 9.33. The minimum Gasteiger partial charge on any atom is -0.198 e. The van der Waals surface area contributed by atoms with Crippen molar-refractivity contribution in [1.29, 1.82) is 5.26 Å². The molecule has 1 fully saturated rings. The second kappa shape index (κ2) is 4.52. The first kappa shape index (κ1) is 11.1. The lowest BCUT2D eigenvalue weighted by Crippen LogP contribution is -2.20. The van der Waals surface area contributed by atoms with Gasteiger partial charge in [-0.25, -0.2) is 0 Å². The Hall–Kier alpha value is -0.950. The molecule has 0 radical (unpaired) electrons. The third-order valence-electron chi connectivity index (χ3n) is 3.65. The summed E-state index contributed by atoms with van der Waals surface area (Å²) in [4.78, 5) is 0. The van der Waals surface area contributed by atoms with Crippen molar-refractivity contribution in [2.75, 3.05) is 0 Å². The van der Waals surface area contributed by atoms with Gasteiger partial charge in [-0.3, -0.25) is 0 Å². The van der Waals surface area contributed by atoms with Crippen molar-refractivity contribution in [3.05, 3.63) is 0 Å². The monoisotopic (exact) mass is 189 g/mol. The van der Waals surface area contributed by atoms with Gasteiger partial charge in [0.1, 0.15) is 0 Å². The van der Waals surface area contributed by atoms with Gasteiger partial charge in [0, 0.05) is 11.8 Å². The van der Waals surface area contributed by atoms with E-state index in [2.05, 4.69) is 25.8 Å². The van der Waals surface area contributed by atoms with Crippen molar-refractivity contribution in [1.82, 2.24) is 0 Å². The summed E-state index contributed by atoms with van der Waals surface area (Å²) in [6, 6.07) is 2.37. The van der Waals surface area contributed by atoms with E-state index in [9.17, 15) is 0 Å². The molecule has 14 heavy (non-hydrogen) atoms. The molecule has 0 spiro atoms. The Bertz CT molecular complexity index is 240. The molecule has 1 nitrogen and oxygen atoms in total. The molecule has 0 saturated heterocycles. The van der Waals surface area contributed by atoms with Gasteiger partial charge in [0.15, 0.2) is 0 Å². The van der Waals surface area contributed by atoms with E-state index in [1.807, 2.05) is 6.92 Å². The Balaban J connectivity index is 2.74. The highest BCUT2D eigenvalue weighted by atomic mass is 14.4. The summed E-state index contributed by atoms with van der Waals surface area (Å²) in [5.41, 5.74) is 0. The zero-order chi connectivity index (χ0) is 10.7. The first-order valence-electron chi connectivity index (χ1n) is 5.45. The second-order valence-corrected chi connectivity index (χ2v) is 4.78. The molecular formula is C13H19N. The number of rotatable bonds is 2. The van der Waals surface area contributed by atoms with E-state index in [4.69, 9.17) is 11.7 Å². The quantitative estimate of drug-likeness (QED) is 0.612. The Morgan fingerprint density at radius 1 is 1.21 bits per heavy atom. The van der Waals surface area contributed by atoms with Crippen molar-refractivity contribution in [3.8, 4) is 18.4 Å². The minimum absolute atomic E-state index is 0.153. The number of terminal acetylenes is 1. The topological polar surface area (TPSA) is 23.8 Å². The van der Waals surface area contributed by atoms with Crippen LogP contribution < -0.4 is 0 Å². The van der Waals surface area contributed by atoms with Crippen LogP contribution in [0.1, 0.15) is 33.6 Å². The van der Waals surface area contributed by atoms with Crippen LogP contribution in [-0.4, -0.2) is 0 Å². The van der Waals surface area contributed by atoms with Crippen LogP contribution in [0, 0.1) is 53.3 Å². The fraction of sp³-hybridized carbons (Fsp3) is 0.769. The first-order chi connectivity index (χ1) is 6.60. The Labute approximate surface area is 87.5 Å². The first-order valence-corrected chi connectivity index (χ1v) is 5.45. The Morgan fingerprint density at radius 2 is 1.71 bits per heavy atom. The Kier molecular flexibility index (Phi) is 3.59. The van der Waals surface area contributed by atoms with Gasteiger partial charge in [-0.15, -0.1) is 12.3 Å². The summed E-state index contributed by atoms with van der Waals surface area (Å²) in [6.07, 6.45) is 7.84. The van der Waals surface area contributed by atoms with Gasteiger partial charge in [-0.2, -0.15) is 5.26 Å². The highest BCUT2D eigenvalue weighted by Gasteiger charge is 2.37.